The summed E-state index contributed by atoms with van der Waals surface area (Å²) in [5.74, 6) is 0.600. The number of carbonyl (C=O) groups is 1. The van der Waals surface area contributed by atoms with Gasteiger partial charge < -0.3 is 5.32 Å². The molecule has 0 saturated heterocycles. The van der Waals surface area contributed by atoms with Crippen LogP contribution in [-0.2, 0) is 5.75 Å². The average Bonchev–Trinajstić information content (AvgIpc) is 2.91. The quantitative estimate of drug-likeness (QED) is 0.859. The van der Waals surface area contributed by atoms with Crippen molar-refractivity contribution in [2.45, 2.75) is 30.0 Å². The number of nitriles is 1. The number of hydrogen-bond donors (Lipinski definition) is 1. The second-order valence-electron chi connectivity index (χ2n) is 4.56. The van der Waals surface area contributed by atoms with Crippen molar-refractivity contribution in [1.82, 2.24) is 10.3 Å². The van der Waals surface area contributed by atoms with Crippen LogP contribution in [-0.4, -0.2) is 16.9 Å². The van der Waals surface area contributed by atoms with E-state index in [1.165, 1.54) is 0 Å². The maximum atomic E-state index is 11.8. The van der Waals surface area contributed by atoms with E-state index in [1.54, 1.807) is 42.2 Å². The van der Waals surface area contributed by atoms with Crippen molar-refractivity contribution in [2.24, 2.45) is 0 Å². The molecule has 0 aliphatic rings. The minimum absolute atomic E-state index is 0.223. The summed E-state index contributed by atoms with van der Waals surface area (Å²) in [7, 11) is 0. The highest BCUT2D eigenvalue weighted by atomic mass is 32.2. The summed E-state index contributed by atoms with van der Waals surface area (Å²) in [5.41, 5.74) is 2.75. The Balaban J connectivity index is 1.92. The molecule has 4 nitrogen and oxygen atoms in total. The lowest BCUT2D eigenvalue weighted by atomic mass is 10.1. The number of aryl methyl sites for hydroxylation is 1. The third-order valence-corrected chi connectivity index (χ3v) is 4.93. The van der Waals surface area contributed by atoms with E-state index in [1.807, 2.05) is 30.5 Å². The Morgan fingerprint density at radius 2 is 2.19 bits per heavy atom. The van der Waals surface area contributed by atoms with Crippen LogP contribution in [0.3, 0.4) is 0 Å². The number of thioether (sulfide) groups is 1. The largest absolute Gasteiger partial charge is 0.337 e. The van der Waals surface area contributed by atoms with Gasteiger partial charge in [-0.2, -0.15) is 5.26 Å². The van der Waals surface area contributed by atoms with Gasteiger partial charge in [-0.3, -0.25) is 4.79 Å². The molecule has 1 amide bonds. The first-order valence-electron chi connectivity index (χ1n) is 6.43. The maximum Gasteiger partial charge on any atom is 0.252 e. The monoisotopic (exact) mass is 317 g/mol. The first-order chi connectivity index (χ1) is 10.1. The van der Waals surface area contributed by atoms with Gasteiger partial charge >= 0.3 is 0 Å². The van der Waals surface area contributed by atoms with E-state index in [2.05, 4.69) is 10.3 Å². The van der Waals surface area contributed by atoms with E-state index in [0.29, 0.717) is 5.56 Å². The number of amides is 1. The lowest BCUT2D eigenvalue weighted by Gasteiger charge is -2.07. The molecule has 0 bridgehead atoms. The smallest absolute Gasteiger partial charge is 0.252 e. The van der Waals surface area contributed by atoms with Crippen molar-refractivity contribution >= 4 is 29.0 Å². The van der Waals surface area contributed by atoms with Crippen LogP contribution < -0.4 is 5.32 Å². The number of nitrogens with one attached hydrogen (secondary N) is 1. The number of carbonyl (C=O) groups excluding carboxylic acids is 1. The zero-order valence-electron chi connectivity index (χ0n) is 11.8. The summed E-state index contributed by atoms with van der Waals surface area (Å²) in [6.45, 7) is 3.63. The van der Waals surface area contributed by atoms with Crippen LogP contribution in [0.5, 0.6) is 0 Å². The molecule has 1 aromatic carbocycles. The minimum Gasteiger partial charge on any atom is -0.337 e. The standard InChI is InChI=1S/C15H15N3OS2/c1-10(7-16)17-14(19)13-5-3-12(4-6-13)9-21-15-18-11(2)8-20-15/h3-6,8,10H,9H2,1-2H3,(H,17,19). The van der Waals surface area contributed by atoms with Crippen LogP contribution in [0.2, 0.25) is 0 Å². The molecule has 0 fully saturated rings. The lowest BCUT2D eigenvalue weighted by molar-refractivity contribution is 0.0948. The molecule has 21 heavy (non-hydrogen) atoms. The fourth-order valence-electron chi connectivity index (χ4n) is 1.61. The summed E-state index contributed by atoms with van der Waals surface area (Å²) in [5, 5.41) is 13.3. The van der Waals surface area contributed by atoms with Gasteiger partial charge in [0.25, 0.3) is 5.91 Å². The van der Waals surface area contributed by atoms with Crippen molar-refractivity contribution in [3.05, 3.63) is 46.5 Å². The molecule has 2 rings (SSSR count). The zero-order valence-corrected chi connectivity index (χ0v) is 13.4. The van der Waals surface area contributed by atoms with Crippen molar-refractivity contribution in [1.29, 1.82) is 5.26 Å². The highest BCUT2D eigenvalue weighted by molar-refractivity contribution is 8.00. The number of hydrogen-bond acceptors (Lipinski definition) is 5. The summed E-state index contributed by atoms with van der Waals surface area (Å²) in [6.07, 6.45) is 0. The van der Waals surface area contributed by atoms with Crippen LogP contribution in [0.1, 0.15) is 28.5 Å². The molecular formula is C15H15N3OS2. The van der Waals surface area contributed by atoms with E-state index >= 15 is 0 Å². The summed E-state index contributed by atoms with van der Waals surface area (Å²) >= 11 is 3.33. The molecule has 1 N–H and O–H groups in total. The van der Waals surface area contributed by atoms with E-state index in [0.717, 1.165) is 21.3 Å². The molecule has 6 heteroatoms. The Labute approximate surface area is 132 Å². The average molecular weight is 317 g/mol. The summed E-state index contributed by atoms with van der Waals surface area (Å²) in [6, 6.07) is 8.91. The van der Waals surface area contributed by atoms with Gasteiger partial charge in [0.2, 0.25) is 0 Å². The molecule has 1 atom stereocenters. The Hall–Kier alpha value is -1.84. The number of rotatable bonds is 5. The van der Waals surface area contributed by atoms with Crippen molar-refractivity contribution in [2.75, 3.05) is 0 Å². The van der Waals surface area contributed by atoms with E-state index in [4.69, 9.17) is 5.26 Å². The van der Waals surface area contributed by atoms with Gasteiger partial charge in [-0.15, -0.1) is 11.3 Å². The third-order valence-electron chi connectivity index (χ3n) is 2.72. The normalized spacial score (nSPS) is 11.7. The number of thiazole rings is 1. The molecule has 0 aliphatic carbocycles. The molecule has 108 valence electrons. The predicted molar refractivity (Wildman–Crippen MR) is 85.4 cm³/mol. The third kappa shape index (κ3) is 4.59. The van der Waals surface area contributed by atoms with Crippen LogP contribution in [0.15, 0.2) is 34.0 Å². The number of aromatic nitrogens is 1. The van der Waals surface area contributed by atoms with Gasteiger partial charge in [-0.05, 0) is 31.5 Å². The molecule has 0 saturated carbocycles. The highest BCUT2D eigenvalue weighted by Gasteiger charge is 2.08. The SMILES string of the molecule is Cc1csc(SCc2ccc(C(=O)NC(C)C#N)cc2)n1. The van der Waals surface area contributed by atoms with Crippen LogP contribution in [0.25, 0.3) is 0 Å². The van der Waals surface area contributed by atoms with E-state index < -0.39 is 6.04 Å². The Morgan fingerprint density at radius 3 is 2.76 bits per heavy atom. The van der Waals surface area contributed by atoms with Gasteiger partial charge in [-0.25, -0.2) is 4.98 Å². The number of benzene rings is 1. The van der Waals surface area contributed by atoms with Gasteiger partial charge in [0.1, 0.15) is 10.4 Å². The Bertz CT molecular complexity index is 658. The fourth-order valence-corrected chi connectivity index (χ4v) is 3.41. The predicted octanol–water partition coefficient (Wildman–Crippen LogP) is 3.39. The summed E-state index contributed by atoms with van der Waals surface area (Å²) in [4.78, 5) is 16.2. The molecular weight excluding hydrogens is 302 g/mol. The second-order valence-corrected chi connectivity index (χ2v) is 6.65. The topological polar surface area (TPSA) is 65.8 Å². The molecule has 1 aromatic heterocycles. The van der Waals surface area contributed by atoms with Crippen molar-refractivity contribution < 1.29 is 4.79 Å². The molecule has 2 aromatic rings. The van der Waals surface area contributed by atoms with Gasteiger partial charge in [-0.1, -0.05) is 23.9 Å². The lowest BCUT2D eigenvalue weighted by Crippen LogP contribution is -2.31. The minimum atomic E-state index is -0.485. The van der Waals surface area contributed by atoms with Crippen LogP contribution >= 0.6 is 23.1 Å². The van der Waals surface area contributed by atoms with Gasteiger partial charge in [0.05, 0.1) is 6.07 Å². The fraction of sp³-hybridized carbons (Fsp3) is 0.267. The second kappa shape index (κ2) is 7.25. The molecule has 0 spiro atoms. The van der Waals surface area contributed by atoms with Gasteiger partial charge in [0.15, 0.2) is 0 Å². The maximum absolute atomic E-state index is 11.8. The van der Waals surface area contributed by atoms with Gasteiger partial charge in [0, 0.05) is 22.4 Å². The first-order valence-corrected chi connectivity index (χ1v) is 8.29. The van der Waals surface area contributed by atoms with Crippen LogP contribution in [0, 0.1) is 18.3 Å². The Kier molecular flexibility index (Phi) is 5.37. The molecule has 0 radical (unpaired) electrons. The van der Waals surface area contributed by atoms with E-state index in [9.17, 15) is 4.79 Å². The van der Waals surface area contributed by atoms with Crippen LogP contribution in [0.4, 0.5) is 0 Å². The molecule has 0 aliphatic heterocycles. The Morgan fingerprint density at radius 1 is 1.48 bits per heavy atom. The molecule has 1 heterocycles. The highest BCUT2D eigenvalue weighted by Crippen LogP contribution is 2.26. The summed E-state index contributed by atoms with van der Waals surface area (Å²) < 4.78 is 1.05. The zero-order chi connectivity index (χ0) is 15.2. The van der Waals surface area contributed by atoms with Crippen molar-refractivity contribution in [3.63, 3.8) is 0 Å². The number of nitrogens with zero attached hydrogens (tertiary/aromatic N) is 2. The first kappa shape index (κ1) is 15.5. The molecule has 1 unspecified atom stereocenters. The van der Waals surface area contributed by atoms with E-state index in [-0.39, 0.29) is 5.91 Å². The van der Waals surface area contributed by atoms with Crippen molar-refractivity contribution in [3.8, 4) is 6.07 Å².